The standard InChI is InChI=1S/C14H20N2O3/c1-14(7-3-4-8-14)15-10-11-9-12(16(17)18)5-6-13(11)19-2/h5-6,9,15H,3-4,7-8,10H2,1-2H3. The Morgan fingerprint density at radius 3 is 2.68 bits per heavy atom. The van der Waals surface area contributed by atoms with Gasteiger partial charge in [-0.15, -0.1) is 0 Å². The van der Waals surface area contributed by atoms with Gasteiger partial charge < -0.3 is 10.1 Å². The number of methoxy groups -OCH3 is 1. The highest BCUT2D eigenvalue weighted by molar-refractivity contribution is 5.43. The average molecular weight is 264 g/mol. The van der Waals surface area contributed by atoms with Gasteiger partial charge in [0.25, 0.3) is 5.69 Å². The van der Waals surface area contributed by atoms with Gasteiger partial charge in [-0.25, -0.2) is 0 Å². The van der Waals surface area contributed by atoms with Gasteiger partial charge >= 0.3 is 0 Å². The number of hydrogen-bond acceptors (Lipinski definition) is 4. The number of non-ortho nitro benzene ring substituents is 1. The van der Waals surface area contributed by atoms with E-state index in [2.05, 4.69) is 12.2 Å². The molecule has 5 heteroatoms. The Bertz CT molecular complexity index is 468. The summed E-state index contributed by atoms with van der Waals surface area (Å²) in [5.41, 5.74) is 1.09. The number of ether oxygens (including phenoxy) is 1. The largest absolute Gasteiger partial charge is 0.496 e. The van der Waals surface area contributed by atoms with Gasteiger partial charge in [-0.2, -0.15) is 0 Å². The Labute approximate surface area is 113 Å². The molecule has 19 heavy (non-hydrogen) atoms. The van der Waals surface area contributed by atoms with Crippen LogP contribution in [0.2, 0.25) is 0 Å². The van der Waals surface area contributed by atoms with Gasteiger partial charge in [0, 0.05) is 29.8 Å². The number of benzene rings is 1. The summed E-state index contributed by atoms with van der Waals surface area (Å²) < 4.78 is 5.27. The van der Waals surface area contributed by atoms with E-state index in [9.17, 15) is 10.1 Å². The van der Waals surface area contributed by atoms with Crippen molar-refractivity contribution in [2.75, 3.05) is 7.11 Å². The van der Waals surface area contributed by atoms with E-state index in [0.29, 0.717) is 12.3 Å². The molecule has 1 saturated carbocycles. The zero-order chi connectivity index (χ0) is 13.9. The summed E-state index contributed by atoms with van der Waals surface area (Å²) in [4.78, 5) is 10.4. The minimum atomic E-state index is -0.375. The van der Waals surface area contributed by atoms with Gasteiger partial charge in [-0.1, -0.05) is 12.8 Å². The third-order valence-electron chi connectivity index (χ3n) is 3.89. The van der Waals surface area contributed by atoms with Crippen LogP contribution in [0, 0.1) is 10.1 Å². The van der Waals surface area contributed by atoms with E-state index in [1.165, 1.54) is 18.9 Å². The summed E-state index contributed by atoms with van der Waals surface area (Å²) in [5.74, 6) is 0.694. The molecule has 0 saturated heterocycles. The van der Waals surface area contributed by atoms with Crippen LogP contribution >= 0.6 is 0 Å². The van der Waals surface area contributed by atoms with Crippen molar-refractivity contribution >= 4 is 5.69 Å². The third kappa shape index (κ3) is 3.23. The van der Waals surface area contributed by atoms with Gasteiger partial charge in [0.05, 0.1) is 12.0 Å². The highest BCUT2D eigenvalue weighted by Gasteiger charge is 2.28. The molecular weight excluding hydrogens is 244 g/mol. The van der Waals surface area contributed by atoms with Gasteiger partial charge in [0.15, 0.2) is 0 Å². The summed E-state index contributed by atoms with van der Waals surface area (Å²) in [6.45, 7) is 2.81. The lowest BCUT2D eigenvalue weighted by molar-refractivity contribution is -0.384. The molecule has 0 radical (unpaired) electrons. The summed E-state index contributed by atoms with van der Waals surface area (Å²) >= 11 is 0. The molecule has 2 rings (SSSR count). The summed E-state index contributed by atoms with van der Waals surface area (Å²) in [5, 5.41) is 14.3. The maximum atomic E-state index is 10.8. The zero-order valence-electron chi connectivity index (χ0n) is 11.4. The van der Waals surface area contributed by atoms with Crippen LogP contribution in [-0.2, 0) is 6.54 Å². The van der Waals surface area contributed by atoms with Crippen molar-refractivity contribution in [1.82, 2.24) is 5.32 Å². The lowest BCUT2D eigenvalue weighted by Gasteiger charge is -2.25. The van der Waals surface area contributed by atoms with Crippen LogP contribution in [0.5, 0.6) is 5.75 Å². The minimum absolute atomic E-state index is 0.106. The Hall–Kier alpha value is -1.62. The van der Waals surface area contributed by atoms with Crippen LogP contribution in [-0.4, -0.2) is 17.6 Å². The van der Waals surface area contributed by atoms with Gasteiger partial charge in [-0.3, -0.25) is 10.1 Å². The first-order chi connectivity index (χ1) is 9.04. The van der Waals surface area contributed by atoms with Crippen LogP contribution in [0.15, 0.2) is 18.2 Å². The van der Waals surface area contributed by atoms with E-state index in [0.717, 1.165) is 18.4 Å². The van der Waals surface area contributed by atoms with Crippen LogP contribution in [0.3, 0.4) is 0 Å². The maximum Gasteiger partial charge on any atom is 0.270 e. The monoisotopic (exact) mass is 264 g/mol. The van der Waals surface area contributed by atoms with E-state index in [4.69, 9.17) is 4.74 Å². The second kappa shape index (κ2) is 5.57. The van der Waals surface area contributed by atoms with Crippen LogP contribution in [0.4, 0.5) is 5.69 Å². The second-order valence-electron chi connectivity index (χ2n) is 5.37. The van der Waals surface area contributed by atoms with E-state index in [-0.39, 0.29) is 16.1 Å². The molecule has 0 aliphatic heterocycles. The third-order valence-corrected chi connectivity index (χ3v) is 3.89. The first-order valence-corrected chi connectivity index (χ1v) is 6.60. The predicted octanol–water partition coefficient (Wildman–Crippen LogP) is 3.03. The molecular formula is C14H20N2O3. The summed E-state index contributed by atoms with van der Waals surface area (Å²) in [7, 11) is 1.59. The molecule has 1 fully saturated rings. The molecule has 0 unspecified atom stereocenters. The fourth-order valence-corrected chi connectivity index (χ4v) is 2.66. The molecule has 1 aromatic rings. The van der Waals surface area contributed by atoms with Crippen LogP contribution in [0.1, 0.15) is 38.2 Å². The molecule has 104 valence electrons. The Morgan fingerprint density at radius 2 is 2.11 bits per heavy atom. The predicted molar refractivity (Wildman–Crippen MR) is 73.4 cm³/mol. The average Bonchev–Trinajstić information content (AvgIpc) is 2.83. The molecule has 1 N–H and O–H groups in total. The van der Waals surface area contributed by atoms with Crippen molar-refractivity contribution < 1.29 is 9.66 Å². The smallest absolute Gasteiger partial charge is 0.270 e. The molecule has 0 aromatic heterocycles. The highest BCUT2D eigenvalue weighted by atomic mass is 16.6. The molecule has 0 heterocycles. The molecule has 0 spiro atoms. The second-order valence-corrected chi connectivity index (χ2v) is 5.37. The van der Waals surface area contributed by atoms with E-state index in [1.54, 1.807) is 19.2 Å². The number of nitrogens with zero attached hydrogens (tertiary/aromatic N) is 1. The fraction of sp³-hybridized carbons (Fsp3) is 0.571. The molecule has 0 bridgehead atoms. The lowest BCUT2D eigenvalue weighted by Crippen LogP contribution is -2.38. The maximum absolute atomic E-state index is 10.8. The first kappa shape index (κ1) is 13.8. The Kier molecular flexibility index (Phi) is 4.04. The van der Waals surface area contributed by atoms with Crippen molar-refractivity contribution in [3.63, 3.8) is 0 Å². The molecule has 0 amide bonds. The first-order valence-electron chi connectivity index (χ1n) is 6.60. The molecule has 1 aliphatic rings. The topological polar surface area (TPSA) is 64.4 Å². The number of nitrogens with one attached hydrogen (secondary N) is 1. The SMILES string of the molecule is COc1ccc([N+](=O)[O-])cc1CNC1(C)CCCC1. The number of nitro benzene ring substituents is 1. The molecule has 5 nitrogen and oxygen atoms in total. The highest BCUT2D eigenvalue weighted by Crippen LogP contribution is 2.30. The normalized spacial score (nSPS) is 17.4. The summed E-state index contributed by atoms with van der Waals surface area (Å²) in [6.07, 6.45) is 4.81. The van der Waals surface area contributed by atoms with E-state index in [1.807, 2.05) is 0 Å². The van der Waals surface area contributed by atoms with Crippen molar-refractivity contribution in [2.45, 2.75) is 44.7 Å². The molecule has 0 atom stereocenters. The Balaban J connectivity index is 2.13. The van der Waals surface area contributed by atoms with Gasteiger partial charge in [0.1, 0.15) is 5.75 Å². The molecule has 1 aromatic carbocycles. The van der Waals surface area contributed by atoms with E-state index < -0.39 is 0 Å². The van der Waals surface area contributed by atoms with E-state index >= 15 is 0 Å². The fourth-order valence-electron chi connectivity index (χ4n) is 2.66. The van der Waals surface area contributed by atoms with Gasteiger partial charge in [-0.05, 0) is 25.8 Å². The van der Waals surface area contributed by atoms with Crippen LogP contribution in [0.25, 0.3) is 0 Å². The number of hydrogen-bond donors (Lipinski definition) is 1. The number of nitro groups is 1. The zero-order valence-corrected chi connectivity index (χ0v) is 11.4. The van der Waals surface area contributed by atoms with Crippen LogP contribution < -0.4 is 10.1 Å². The van der Waals surface area contributed by atoms with Crippen molar-refractivity contribution in [3.05, 3.63) is 33.9 Å². The van der Waals surface area contributed by atoms with Crippen molar-refractivity contribution in [1.29, 1.82) is 0 Å². The quantitative estimate of drug-likeness (QED) is 0.656. The molecule has 1 aliphatic carbocycles. The summed E-state index contributed by atoms with van der Waals surface area (Å²) in [6, 6.07) is 4.72. The van der Waals surface area contributed by atoms with Gasteiger partial charge in [0.2, 0.25) is 0 Å². The van der Waals surface area contributed by atoms with Crippen molar-refractivity contribution in [3.8, 4) is 5.75 Å². The minimum Gasteiger partial charge on any atom is -0.496 e. The lowest BCUT2D eigenvalue weighted by atomic mass is 10.00. The van der Waals surface area contributed by atoms with Crippen molar-refractivity contribution in [2.24, 2.45) is 0 Å². The Morgan fingerprint density at radius 1 is 1.42 bits per heavy atom. The number of rotatable bonds is 5.